The van der Waals surface area contributed by atoms with Gasteiger partial charge in [0, 0.05) is 11.1 Å². The summed E-state index contributed by atoms with van der Waals surface area (Å²) in [6.45, 7) is 0. The second-order valence-corrected chi connectivity index (χ2v) is 5.73. The molecule has 2 rings (SSSR count). The summed E-state index contributed by atoms with van der Waals surface area (Å²) in [6, 6.07) is 18.3. The maximum absolute atomic E-state index is 11.7. The number of amides is 2. The Labute approximate surface area is 155 Å². The minimum absolute atomic E-state index is 0.359. The number of nitrogens with one attached hydrogen (secondary N) is 4. The Morgan fingerprint density at radius 2 is 1.00 bits per heavy atom. The molecule has 4 N–H and O–H groups in total. The van der Waals surface area contributed by atoms with Crippen LogP contribution in [0.2, 0.25) is 0 Å². The number of carbonyl (C=O) groups excluding carboxylic acids is 2. The van der Waals surface area contributed by atoms with Gasteiger partial charge in [-0.15, -0.1) is 0 Å². The van der Waals surface area contributed by atoms with Gasteiger partial charge in [-0.05, 0) is 0 Å². The van der Waals surface area contributed by atoms with E-state index in [0.717, 1.165) is 11.1 Å². The first-order chi connectivity index (χ1) is 12.1. The van der Waals surface area contributed by atoms with Crippen LogP contribution in [0.5, 0.6) is 0 Å². The van der Waals surface area contributed by atoms with Crippen molar-refractivity contribution in [3.63, 3.8) is 0 Å². The van der Waals surface area contributed by atoms with Crippen molar-refractivity contribution in [2.24, 2.45) is 0 Å². The van der Waals surface area contributed by atoms with Gasteiger partial charge in [-0.3, -0.25) is 31.3 Å². The van der Waals surface area contributed by atoms with Gasteiger partial charge in [-0.25, -0.2) is 0 Å². The van der Waals surface area contributed by atoms with Crippen molar-refractivity contribution in [2.75, 3.05) is 0 Å². The van der Waals surface area contributed by atoms with Crippen LogP contribution in [0.25, 0.3) is 0 Å². The Balaban J connectivity index is 1.70. The van der Waals surface area contributed by atoms with Crippen LogP contribution < -0.4 is 21.7 Å². The van der Waals surface area contributed by atoms with E-state index in [-0.39, 0.29) is 6.42 Å². The van der Waals surface area contributed by atoms with E-state index >= 15 is 0 Å². The molecule has 0 spiro atoms. The van der Waals surface area contributed by atoms with Crippen molar-refractivity contribution in [2.45, 2.75) is 6.42 Å². The molecule has 0 atom stereocenters. The molecule has 8 heteroatoms. The topological polar surface area (TPSA) is 82.3 Å². The quantitative estimate of drug-likeness (QED) is 0.369. The highest BCUT2D eigenvalue weighted by atomic mass is 32.1. The minimum Gasteiger partial charge on any atom is -0.288 e. The van der Waals surface area contributed by atoms with Crippen LogP contribution in [0, 0.1) is 0 Å². The van der Waals surface area contributed by atoms with Crippen molar-refractivity contribution in [1.29, 1.82) is 0 Å². The molecule has 0 bridgehead atoms. The van der Waals surface area contributed by atoms with Gasteiger partial charge in [-0.1, -0.05) is 85.1 Å². The summed E-state index contributed by atoms with van der Waals surface area (Å²) in [5.74, 6) is -1.05. The summed E-state index contributed by atoms with van der Waals surface area (Å²) in [5, 5.41) is 0. The number of hydrazine groups is 2. The van der Waals surface area contributed by atoms with Crippen LogP contribution in [0.4, 0.5) is 0 Å². The fourth-order valence-electron chi connectivity index (χ4n) is 1.81. The zero-order valence-electron chi connectivity index (χ0n) is 13.1. The normalized spacial score (nSPS) is 9.60. The maximum Gasteiger partial charge on any atom is 0.247 e. The van der Waals surface area contributed by atoms with Crippen LogP contribution in [-0.2, 0) is 9.59 Å². The fraction of sp³-hybridized carbons (Fsp3) is 0.0588. The van der Waals surface area contributed by atoms with Crippen LogP contribution >= 0.6 is 24.4 Å². The molecule has 0 unspecified atom stereocenters. The molecule has 6 nitrogen and oxygen atoms in total. The lowest BCUT2D eigenvalue weighted by Gasteiger charge is -2.11. The molecule has 128 valence electrons. The predicted octanol–water partition coefficient (Wildman–Crippen LogP) is 1.37. The molecule has 0 saturated heterocycles. The van der Waals surface area contributed by atoms with Crippen molar-refractivity contribution in [3.8, 4) is 0 Å². The Bertz CT molecular complexity index is 701. The molecular formula is C17H16N4O2S2. The van der Waals surface area contributed by atoms with Crippen molar-refractivity contribution < 1.29 is 9.59 Å². The van der Waals surface area contributed by atoms with E-state index in [2.05, 4.69) is 21.7 Å². The first kappa shape index (κ1) is 18.5. The molecule has 0 saturated carbocycles. The third-order valence-corrected chi connectivity index (χ3v) is 3.70. The Kier molecular flexibility index (Phi) is 7.00. The lowest BCUT2D eigenvalue weighted by Crippen LogP contribution is -2.46. The predicted molar refractivity (Wildman–Crippen MR) is 103 cm³/mol. The fourth-order valence-corrected chi connectivity index (χ4v) is 2.18. The van der Waals surface area contributed by atoms with Crippen LogP contribution in [0.15, 0.2) is 60.7 Å². The third kappa shape index (κ3) is 6.28. The molecule has 0 fully saturated rings. The smallest absolute Gasteiger partial charge is 0.247 e. The van der Waals surface area contributed by atoms with Crippen LogP contribution in [0.1, 0.15) is 17.5 Å². The monoisotopic (exact) mass is 372 g/mol. The molecule has 0 heterocycles. The van der Waals surface area contributed by atoms with E-state index < -0.39 is 11.8 Å². The highest BCUT2D eigenvalue weighted by Crippen LogP contribution is 1.99. The van der Waals surface area contributed by atoms with Crippen molar-refractivity contribution >= 4 is 46.2 Å². The number of hydrogen-bond acceptors (Lipinski definition) is 4. The summed E-state index contributed by atoms with van der Waals surface area (Å²) in [5.41, 5.74) is 11.5. The molecule has 0 aliphatic rings. The average Bonchev–Trinajstić information content (AvgIpc) is 2.65. The molecule has 0 aliphatic carbocycles. The molecule has 2 amide bonds. The van der Waals surface area contributed by atoms with E-state index in [0.29, 0.717) is 9.98 Å². The number of rotatable bonds is 4. The second kappa shape index (κ2) is 9.45. The zero-order valence-corrected chi connectivity index (χ0v) is 14.7. The van der Waals surface area contributed by atoms with E-state index in [1.54, 1.807) is 0 Å². The summed E-state index contributed by atoms with van der Waals surface area (Å²) < 4.78 is 0. The molecule has 25 heavy (non-hydrogen) atoms. The highest BCUT2D eigenvalue weighted by Gasteiger charge is 2.10. The van der Waals surface area contributed by atoms with Gasteiger partial charge in [0.1, 0.15) is 16.4 Å². The average molecular weight is 372 g/mol. The molecule has 0 aliphatic heterocycles. The Hall–Kier alpha value is -2.84. The number of benzene rings is 2. The van der Waals surface area contributed by atoms with E-state index in [4.69, 9.17) is 24.4 Å². The van der Waals surface area contributed by atoms with Crippen LogP contribution in [0.3, 0.4) is 0 Å². The summed E-state index contributed by atoms with van der Waals surface area (Å²) in [7, 11) is 0. The van der Waals surface area contributed by atoms with E-state index in [9.17, 15) is 9.59 Å². The van der Waals surface area contributed by atoms with Crippen molar-refractivity contribution in [3.05, 3.63) is 71.8 Å². The summed E-state index contributed by atoms with van der Waals surface area (Å²) in [4.78, 5) is 24.2. The van der Waals surface area contributed by atoms with Gasteiger partial charge in [0.2, 0.25) is 11.8 Å². The van der Waals surface area contributed by atoms with Gasteiger partial charge >= 0.3 is 0 Å². The van der Waals surface area contributed by atoms with Gasteiger partial charge < -0.3 is 0 Å². The number of thiocarbonyl (C=S) groups is 2. The van der Waals surface area contributed by atoms with Gasteiger partial charge in [0.05, 0.1) is 0 Å². The standard InChI is InChI=1S/C17H16N4O2S2/c22-14(18-20-16(24)12-7-3-1-4-8-12)11-15(23)19-21-17(25)13-9-5-2-6-10-13/h1-10H,11H2,(H,18,22)(H,19,23)(H,20,24)(H,21,25). The molecule has 0 radical (unpaired) electrons. The van der Waals surface area contributed by atoms with Crippen LogP contribution in [-0.4, -0.2) is 21.8 Å². The lowest BCUT2D eigenvalue weighted by atomic mass is 10.2. The largest absolute Gasteiger partial charge is 0.288 e. The molecule has 2 aromatic rings. The minimum atomic E-state index is -0.525. The van der Waals surface area contributed by atoms with Gasteiger partial charge in [-0.2, -0.15) is 0 Å². The number of hydrogen-bond donors (Lipinski definition) is 4. The molecular weight excluding hydrogens is 356 g/mol. The maximum atomic E-state index is 11.7. The van der Waals surface area contributed by atoms with Gasteiger partial charge in [0.15, 0.2) is 0 Å². The molecule has 2 aromatic carbocycles. The van der Waals surface area contributed by atoms with E-state index in [1.807, 2.05) is 60.7 Å². The first-order valence-electron chi connectivity index (χ1n) is 7.34. The Morgan fingerprint density at radius 1 is 0.640 bits per heavy atom. The van der Waals surface area contributed by atoms with Gasteiger partial charge in [0.25, 0.3) is 0 Å². The summed E-state index contributed by atoms with van der Waals surface area (Å²) >= 11 is 10.3. The zero-order chi connectivity index (χ0) is 18.1. The lowest BCUT2D eigenvalue weighted by molar-refractivity contribution is -0.129. The second-order valence-electron chi connectivity index (χ2n) is 4.91. The first-order valence-corrected chi connectivity index (χ1v) is 8.16. The third-order valence-electron chi connectivity index (χ3n) is 3.02. The van der Waals surface area contributed by atoms with Crippen molar-refractivity contribution in [1.82, 2.24) is 21.7 Å². The SMILES string of the molecule is O=C(CC(=O)NNC(=S)c1ccccc1)NNC(=S)c1ccccc1. The Morgan fingerprint density at radius 3 is 1.36 bits per heavy atom. The summed E-state index contributed by atoms with van der Waals surface area (Å²) in [6.07, 6.45) is -0.380. The molecule has 0 aromatic heterocycles. The van der Waals surface area contributed by atoms with E-state index in [1.165, 1.54) is 0 Å². The number of carbonyl (C=O) groups is 2. The highest BCUT2D eigenvalue weighted by molar-refractivity contribution is 7.81.